The van der Waals surface area contributed by atoms with Crippen LogP contribution in [-0.4, -0.2) is 48.2 Å². The highest BCUT2D eigenvalue weighted by Crippen LogP contribution is 2.30. The molecule has 4 rings (SSSR count). The van der Waals surface area contributed by atoms with E-state index in [0.717, 1.165) is 47.5 Å². The third-order valence-corrected chi connectivity index (χ3v) is 5.96. The van der Waals surface area contributed by atoms with Crippen molar-refractivity contribution in [3.63, 3.8) is 0 Å². The fourth-order valence-corrected chi connectivity index (χ4v) is 4.46. The van der Waals surface area contributed by atoms with Crippen LogP contribution in [0.25, 0.3) is 15.9 Å². The molecule has 1 N–H and O–H groups in total. The molecule has 3 heterocycles. The summed E-state index contributed by atoms with van der Waals surface area (Å²) in [6.07, 6.45) is 3.25. The van der Waals surface area contributed by atoms with Crippen molar-refractivity contribution in [1.82, 2.24) is 15.1 Å². The number of thiophene rings is 1. The zero-order valence-electron chi connectivity index (χ0n) is 16.0. The average molecular weight is 400 g/mol. The Morgan fingerprint density at radius 2 is 2.25 bits per heavy atom. The highest BCUT2D eigenvalue weighted by Gasteiger charge is 2.17. The number of nitrogens with zero attached hydrogens (tertiary/aromatic N) is 2. The van der Waals surface area contributed by atoms with E-state index in [9.17, 15) is 4.79 Å². The summed E-state index contributed by atoms with van der Waals surface area (Å²) < 4.78 is 13.1. The molecule has 6 nitrogen and oxygen atoms in total. The highest BCUT2D eigenvalue weighted by molar-refractivity contribution is 7.20. The van der Waals surface area contributed by atoms with Gasteiger partial charge in [-0.25, -0.2) is 4.68 Å². The van der Waals surface area contributed by atoms with Crippen LogP contribution in [0.5, 0.6) is 0 Å². The fourth-order valence-electron chi connectivity index (χ4n) is 3.36. The van der Waals surface area contributed by atoms with Gasteiger partial charge in [-0.1, -0.05) is 18.2 Å². The van der Waals surface area contributed by atoms with Crippen molar-refractivity contribution in [1.29, 1.82) is 0 Å². The Balaban J connectivity index is 1.32. The summed E-state index contributed by atoms with van der Waals surface area (Å²) in [4.78, 5) is 14.2. The summed E-state index contributed by atoms with van der Waals surface area (Å²) in [5, 5.41) is 8.63. The molecule has 3 aromatic rings. The van der Waals surface area contributed by atoms with E-state index in [2.05, 4.69) is 10.4 Å². The lowest BCUT2D eigenvalue weighted by Crippen LogP contribution is -2.25. The van der Waals surface area contributed by atoms with E-state index in [4.69, 9.17) is 9.47 Å². The van der Waals surface area contributed by atoms with Gasteiger partial charge in [0.05, 0.1) is 29.0 Å². The molecule has 1 saturated heterocycles. The zero-order valence-corrected chi connectivity index (χ0v) is 16.8. The monoisotopic (exact) mass is 399 g/mol. The van der Waals surface area contributed by atoms with E-state index in [0.29, 0.717) is 24.6 Å². The number of para-hydroxylation sites is 1. The molecule has 1 atom stereocenters. The van der Waals surface area contributed by atoms with Crippen LogP contribution in [0.2, 0.25) is 0 Å². The number of rotatable bonds is 8. The summed E-state index contributed by atoms with van der Waals surface area (Å²) in [6, 6.07) is 11.9. The fraction of sp³-hybridized carbons (Fsp3) is 0.429. The summed E-state index contributed by atoms with van der Waals surface area (Å²) in [6.45, 7) is 4.71. The van der Waals surface area contributed by atoms with E-state index in [1.54, 1.807) is 0 Å². The van der Waals surface area contributed by atoms with Gasteiger partial charge in [0, 0.05) is 25.1 Å². The van der Waals surface area contributed by atoms with Crippen LogP contribution < -0.4 is 5.32 Å². The minimum Gasteiger partial charge on any atom is -0.379 e. The Labute approximate surface area is 168 Å². The van der Waals surface area contributed by atoms with E-state index in [-0.39, 0.29) is 12.0 Å². The number of amides is 1. The zero-order chi connectivity index (χ0) is 19.3. The van der Waals surface area contributed by atoms with Gasteiger partial charge in [0.2, 0.25) is 0 Å². The van der Waals surface area contributed by atoms with Gasteiger partial charge in [-0.3, -0.25) is 4.79 Å². The first-order chi connectivity index (χ1) is 13.7. The smallest absolute Gasteiger partial charge is 0.261 e. The second-order valence-electron chi connectivity index (χ2n) is 6.98. The molecular formula is C21H25N3O3S. The van der Waals surface area contributed by atoms with Crippen LogP contribution in [0.4, 0.5) is 0 Å². The maximum absolute atomic E-state index is 12.5. The second-order valence-corrected chi connectivity index (χ2v) is 8.01. The van der Waals surface area contributed by atoms with Crippen molar-refractivity contribution < 1.29 is 14.3 Å². The maximum atomic E-state index is 12.5. The molecule has 1 aliphatic heterocycles. The summed E-state index contributed by atoms with van der Waals surface area (Å²) in [7, 11) is 0. The predicted molar refractivity (Wildman–Crippen MR) is 110 cm³/mol. The molecule has 0 radical (unpaired) electrons. The van der Waals surface area contributed by atoms with Crippen molar-refractivity contribution in [3.05, 3.63) is 47.0 Å². The van der Waals surface area contributed by atoms with Crippen molar-refractivity contribution in [3.8, 4) is 5.69 Å². The van der Waals surface area contributed by atoms with Gasteiger partial charge < -0.3 is 14.8 Å². The lowest BCUT2D eigenvalue weighted by Gasteiger charge is -2.10. The van der Waals surface area contributed by atoms with Crippen LogP contribution in [0.3, 0.4) is 0 Å². The molecule has 7 heteroatoms. The van der Waals surface area contributed by atoms with Crippen LogP contribution in [0.1, 0.15) is 34.6 Å². The Bertz CT molecular complexity index is 929. The Kier molecular flexibility index (Phi) is 6.04. The van der Waals surface area contributed by atoms with Crippen molar-refractivity contribution in [2.45, 2.75) is 32.3 Å². The largest absolute Gasteiger partial charge is 0.379 e. The quantitative estimate of drug-likeness (QED) is 0.587. The molecule has 28 heavy (non-hydrogen) atoms. The lowest BCUT2D eigenvalue weighted by molar-refractivity contribution is 0.0166. The lowest BCUT2D eigenvalue weighted by atomic mass is 10.2. The summed E-state index contributed by atoms with van der Waals surface area (Å²) >= 11 is 1.47. The summed E-state index contributed by atoms with van der Waals surface area (Å²) in [5.41, 5.74) is 1.93. The molecular weight excluding hydrogens is 374 g/mol. The highest BCUT2D eigenvalue weighted by atomic mass is 32.1. The molecule has 1 amide bonds. The second kappa shape index (κ2) is 8.86. The number of aromatic nitrogens is 2. The standard InChI is InChI=1S/C21H25N3O3S/c1-15-18-13-19(28-21(18)24(23-15)16-7-3-2-4-8-16)20(25)22-10-6-11-26-14-17-9-5-12-27-17/h2-4,7-8,13,17H,5-6,9-12,14H2,1H3,(H,22,25). The van der Waals surface area contributed by atoms with Gasteiger partial charge in [-0.2, -0.15) is 5.10 Å². The van der Waals surface area contributed by atoms with Crippen molar-refractivity contribution >= 4 is 27.5 Å². The molecule has 0 aliphatic carbocycles. The van der Waals surface area contributed by atoms with E-state index in [1.807, 2.05) is 48.0 Å². The van der Waals surface area contributed by atoms with Crippen LogP contribution in [-0.2, 0) is 9.47 Å². The first-order valence-electron chi connectivity index (χ1n) is 9.74. The number of hydrogen-bond acceptors (Lipinski definition) is 5. The molecule has 0 spiro atoms. The Hall–Kier alpha value is -2.22. The first kappa shape index (κ1) is 19.1. The van der Waals surface area contributed by atoms with Crippen LogP contribution in [0, 0.1) is 6.92 Å². The molecule has 1 aliphatic rings. The molecule has 2 aromatic heterocycles. The number of ether oxygens (including phenoxy) is 2. The number of fused-ring (bicyclic) bond motifs is 1. The first-order valence-corrected chi connectivity index (χ1v) is 10.6. The minimum absolute atomic E-state index is 0.0423. The van der Waals surface area contributed by atoms with Gasteiger partial charge in [-0.05, 0) is 44.4 Å². The van der Waals surface area contributed by atoms with Gasteiger partial charge in [-0.15, -0.1) is 11.3 Å². The SMILES string of the molecule is Cc1nn(-c2ccccc2)c2sc(C(=O)NCCCOCC3CCCO3)cc12. The number of aryl methyl sites for hydroxylation is 1. The van der Waals surface area contributed by atoms with E-state index >= 15 is 0 Å². The van der Waals surface area contributed by atoms with E-state index < -0.39 is 0 Å². The molecule has 1 aromatic carbocycles. The van der Waals surface area contributed by atoms with Crippen LogP contribution in [0.15, 0.2) is 36.4 Å². The minimum atomic E-state index is -0.0423. The number of hydrogen-bond donors (Lipinski definition) is 1. The molecule has 1 unspecified atom stereocenters. The Morgan fingerprint density at radius 3 is 3.04 bits per heavy atom. The average Bonchev–Trinajstić information content (AvgIpc) is 3.44. The third-order valence-electron chi connectivity index (χ3n) is 4.85. The van der Waals surface area contributed by atoms with Crippen LogP contribution >= 0.6 is 11.3 Å². The number of carbonyl (C=O) groups excluding carboxylic acids is 1. The van der Waals surface area contributed by atoms with Gasteiger partial charge in [0.1, 0.15) is 4.83 Å². The number of benzene rings is 1. The third kappa shape index (κ3) is 4.27. The van der Waals surface area contributed by atoms with Gasteiger partial charge in [0.25, 0.3) is 5.91 Å². The maximum Gasteiger partial charge on any atom is 0.261 e. The predicted octanol–water partition coefficient (Wildman–Crippen LogP) is 3.71. The van der Waals surface area contributed by atoms with Gasteiger partial charge >= 0.3 is 0 Å². The van der Waals surface area contributed by atoms with Gasteiger partial charge in [0.15, 0.2) is 0 Å². The molecule has 148 valence electrons. The Morgan fingerprint density at radius 1 is 1.39 bits per heavy atom. The normalized spacial score (nSPS) is 16.7. The number of carbonyl (C=O) groups is 1. The number of nitrogens with one attached hydrogen (secondary N) is 1. The molecule has 0 saturated carbocycles. The van der Waals surface area contributed by atoms with Crippen molar-refractivity contribution in [2.24, 2.45) is 0 Å². The van der Waals surface area contributed by atoms with Crippen molar-refractivity contribution in [2.75, 3.05) is 26.4 Å². The molecule has 0 bridgehead atoms. The molecule has 1 fully saturated rings. The van der Waals surface area contributed by atoms with E-state index in [1.165, 1.54) is 11.3 Å². The topological polar surface area (TPSA) is 65.4 Å². The summed E-state index contributed by atoms with van der Waals surface area (Å²) in [5.74, 6) is -0.0423.